The van der Waals surface area contributed by atoms with E-state index in [-0.39, 0.29) is 24.0 Å². The first-order chi connectivity index (χ1) is 7.70. The molecule has 2 heterocycles. The van der Waals surface area contributed by atoms with Crippen molar-refractivity contribution in [3.05, 3.63) is 33.1 Å². The smallest absolute Gasteiger partial charge is 0.330 e. The molecule has 4 N–H and O–H groups in total. The molecule has 2 rings (SSSR count). The van der Waals surface area contributed by atoms with Crippen LogP contribution in [0.4, 0.5) is 0 Å². The maximum atomic E-state index is 11.5. The number of hydrogen-bond donors (Lipinski definition) is 2. The quantitative estimate of drug-likeness (QED) is 0.829. The molecule has 2 unspecified atom stereocenters. The largest absolute Gasteiger partial charge is 0.355 e. The van der Waals surface area contributed by atoms with Gasteiger partial charge in [-0.05, 0) is 19.3 Å². The Balaban J connectivity index is 0.00000144. The molecule has 0 bridgehead atoms. The highest BCUT2D eigenvalue weighted by atomic mass is 16.5. The summed E-state index contributed by atoms with van der Waals surface area (Å²) in [6, 6.07) is 1.35. The summed E-state index contributed by atoms with van der Waals surface area (Å²) in [4.78, 5) is 24.7. The van der Waals surface area contributed by atoms with Crippen molar-refractivity contribution in [2.45, 2.75) is 44.9 Å². The van der Waals surface area contributed by atoms with Gasteiger partial charge < -0.3 is 10.9 Å². The molecule has 0 aliphatic carbocycles. The van der Waals surface area contributed by atoms with E-state index in [9.17, 15) is 9.59 Å². The van der Waals surface area contributed by atoms with Crippen molar-refractivity contribution in [3.63, 3.8) is 0 Å². The molecular weight excluding hydrogens is 222 g/mol. The Morgan fingerprint density at radius 2 is 2.24 bits per heavy atom. The Bertz CT molecular complexity index is 466. The Hall–Kier alpha value is -1.40. The van der Waals surface area contributed by atoms with Gasteiger partial charge in [-0.25, -0.2) is 4.79 Å². The molecule has 6 nitrogen and oxygen atoms in total. The van der Waals surface area contributed by atoms with Gasteiger partial charge in [-0.1, -0.05) is 13.3 Å². The number of rotatable bonds is 3. The first kappa shape index (κ1) is 13.7. The third-order valence-electron chi connectivity index (χ3n) is 2.86. The maximum Gasteiger partial charge on any atom is 0.330 e. The number of ether oxygens (including phenoxy) is 1. The minimum absolute atomic E-state index is 0. The van der Waals surface area contributed by atoms with Crippen LogP contribution in [0.15, 0.2) is 21.9 Å². The van der Waals surface area contributed by atoms with Gasteiger partial charge in [0.05, 0.1) is 6.10 Å². The predicted molar refractivity (Wildman–Crippen MR) is 64.4 cm³/mol. The Morgan fingerprint density at radius 1 is 1.47 bits per heavy atom. The van der Waals surface area contributed by atoms with Gasteiger partial charge >= 0.3 is 5.69 Å². The van der Waals surface area contributed by atoms with E-state index >= 15 is 0 Å². The van der Waals surface area contributed by atoms with Crippen LogP contribution in [-0.2, 0) is 4.74 Å². The van der Waals surface area contributed by atoms with Gasteiger partial charge in [0.25, 0.3) is 5.56 Å². The highest BCUT2D eigenvalue weighted by Crippen LogP contribution is 2.28. The van der Waals surface area contributed by atoms with Gasteiger partial charge in [0, 0.05) is 12.3 Å². The molecule has 0 aromatic carbocycles. The Labute approximate surface area is 99.2 Å². The van der Waals surface area contributed by atoms with Crippen LogP contribution in [0.3, 0.4) is 0 Å². The van der Waals surface area contributed by atoms with Crippen LogP contribution >= 0.6 is 0 Å². The van der Waals surface area contributed by atoms with E-state index in [2.05, 4.69) is 11.9 Å². The number of hydrogen-bond acceptors (Lipinski definition) is 4. The summed E-state index contributed by atoms with van der Waals surface area (Å²) < 4.78 is 7.20. The molecule has 6 heteroatoms. The number of aromatic amines is 1. The van der Waals surface area contributed by atoms with E-state index in [0.29, 0.717) is 0 Å². The topological polar surface area (TPSA) is 99.1 Å². The number of nitrogens with zero attached hydrogens (tertiary/aromatic N) is 1. The maximum absolute atomic E-state index is 11.5. The minimum atomic E-state index is -0.394. The van der Waals surface area contributed by atoms with Crippen LogP contribution in [0.2, 0.25) is 0 Å². The molecule has 1 aromatic rings. The van der Waals surface area contributed by atoms with E-state index in [1.54, 1.807) is 0 Å². The van der Waals surface area contributed by atoms with Gasteiger partial charge in [0.1, 0.15) is 6.23 Å². The van der Waals surface area contributed by atoms with Gasteiger partial charge in [0.15, 0.2) is 0 Å². The third kappa shape index (κ3) is 3.04. The molecule has 0 amide bonds. The first-order valence-corrected chi connectivity index (χ1v) is 5.67. The molecule has 0 spiro atoms. The molecule has 2 atom stereocenters. The lowest BCUT2D eigenvalue weighted by Crippen LogP contribution is -2.31. The standard InChI is InChI=1S/C11H16N2O3.H3N/c1-2-3-8-4-5-10(16-8)13-7-6-9(14)12-11(13)15;/h6-8,10H,2-5H2,1H3,(H,12,14,15);1H3. The van der Waals surface area contributed by atoms with E-state index in [1.807, 2.05) is 0 Å². The normalized spacial score (nSPS) is 23.4. The summed E-state index contributed by atoms with van der Waals surface area (Å²) >= 11 is 0. The van der Waals surface area contributed by atoms with Crippen molar-refractivity contribution in [1.29, 1.82) is 0 Å². The zero-order valence-electron chi connectivity index (χ0n) is 10.0. The molecule has 1 aliphatic heterocycles. The molecule has 1 aromatic heterocycles. The molecule has 1 aliphatic rings. The van der Waals surface area contributed by atoms with Crippen LogP contribution in [0, 0.1) is 0 Å². The molecule has 1 fully saturated rings. The van der Waals surface area contributed by atoms with Crippen LogP contribution in [-0.4, -0.2) is 15.7 Å². The summed E-state index contributed by atoms with van der Waals surface area (Å²) in [5, 5.41) is 0. The van der Waals surface area contributed by atoms with Gasteiger partial charge in [-0.3, -0.25) is 14.3 Å². The van der Waals surface area contributed by atoms with Crippen molar-refractivity contribution in [2.75, 3.05) is 0 Å². The highest BCUT2D eigenvalue weighted by molar-refractivity contribution is 4.85. The summed E-state index contributed by atoms with van der Waals surface area (Å²) in [7, 11) is 0. The van der Waals surface area contributed by atoms with Crippen LogP contribution < -0.4 is 17.4 Å². The second-order valence-electron chi connectivity index (χ2n) is 4.10. The lowest BCUT2D eigenvalue weighted by molar-refractivity contribution is -0.00435. The van der Waals surface area contributed by atoms with Gasteiger partial charge in [-0.2, -0.15) is 0 Å². The zero-order valence-corrected chi connectivity index (χ0v) is 10.0. The highest BCUT2D eigenvalue weighted by Gasteiger charge is 2.26. The fourth-order valence-electron chi connectivity index (χ4n) is 2.08. The summed E-state index contributed by atoms with van der Waals surface area (Å²) in [5.41, 5.74) is -0.765. The van der Waals surface area contributed by atoms with Crippen molar-refractivity contribution >= 4 is 0 Å². The average molecular weight is 241 g/mol. The molecule has 1 saturated heterocycles. The third-order valence-corrected chi connectivity index (χ3v) is 2.86. The molecule has 17 heavy (non-hydrogen) atoms. The lowest BCUT2D eigenvalue weighted by atomic mass is 10.1. The fraction of sp³-hybridized carbons (Fsp3) is 0.636. The fourth-order valence-corrected chi connectivity index (χ4v) is 2.08. The van der Waals surface area contributed by atoms with Gasteiger partial charge in [-0.15, -0.1) is 0 Å². The van der Waals surface area contributed by atoms with E-state index in [1.165, 1.54) is 16.8 Å². The minimum Gasteiger partial charge on any atom is -0.355 e. The lowest BCUT2D eigenvalue weighted by Gasteiger charge is -2.14. The number of nitrogens with one attached hydrogen (secondary N) is 1. The van der Waals surface area contributed by atoms with Crippen LogP contribution in [0.5, 0.6) is 0 Å². The zero-order chi connectivity index (χ0) is 11.5. The van der Waals surface area contributed by atoms with Gasteiger partial charge in [0.2, 0.25) is 0 Å². The Morgan fingerprint density at radius 3 is 2.88 bits per heavy atom. The monoisotopic (exact) mass is 241 g/mol. The molecule has 0 radical (unpaired) electrons. The molecular formula is C11H19N3O3. The number of H-pyrrole nitrogens is 1. The van der Waals surface area contributed by atoms with Crippen molar-refractivity contribution in [3.8, 4) is 0 Å². The van der Waals surface area contributed by atoms with Crippen molar-refractivity contribution < 1.29 is 4.74 Å². The number of aromatic nitrogens is 2. The Kier molecular flexibility index (Phi) is 4.65. The average Bonchev–Trinajstić information content (AvgIpc) is 2.67. The second kappa shape index (κ2) is 5.79. The van der Waals surface area contributed by atoms with Crippen molar-refractivity contribution in [1.82, 2.24) is 15.7 Å². The summed E-state index contributed by atoms with van der Waals surface area (Å²) in [6.45, 7) is 2.11. The predicted octanol–water partition coefficient (Wildman–Crippen LogP) is 1.18. The first-order valence-electron chi connectivity index (χ1n) is 5.67. The van der Waals surface area contributed by atoms with E-state index in [0.717, 1.165) is 25.7 Å². The molecule has 96 valence electrons. The van der Waals surface area contributed by atoms with Crippen molar-refractivity contribution in [2.24, 2.45) is 0 Å². The summed E-state index contributed by atoms with van der Waals surface area (Å²) in [6.07, 6.45) is 5.43. The molecule has 0 saturated carbocycles. The SMILES string of the molecule is CCCC1CCC(n2ccc(=O)[nH]c2=O)O1.N. The van der Waals surface area contributed by atoms with E-state index in [4.69, 9.17) is 4.74 Å². The van der Waals surface area contributed by atoms with Crippen LogP contribution in [0.1, 0.15) is 38.8 Å². The second-order valence-corrected chi connectivity index (χ2v) is 4.10. The van der Waals surface area contributed by atoms with Crippen LogP contribution in [0.25, 0.3) is 0 Å². The van der Waals surface area contributed by atoms with E-state index < -0.39 is 5.69 Å². The summed E-state index contributed by atoms with van der Waals surface area (Å²) in [5.74, 6) is 0.